The van der Waals surface area contributed by atoms with E-state index in [0.29, 0.717) is 6.54 Å². The number of carbonyl (C=O) groups is 1. The highest BCUT2D eigenvalue weighted by atomic mass is 16.5. The second kappa shape index (κ2) is 5.62. The van der Waals surface area contributed by atoms with Crippen LogP contribution in [0, 0.1) is 6.92 Å². The van der Waals surface area contributed by atoms with Crippen LogP contribution in [0.2, 0.25) is 0 Å². The first-order valence-electron chi connectivity index (χ1n) is 7.53. The van der Waals surface area contributed by atoms with Crippen LogP contribution in [0.4, 0.5) is 0 Å². The molecule has 0 aliphatic carbocycles. The van der Waals surface area contributed by atoms with Gasteiger partial charge in [-0.15, -0.1) is 0 Å². The molecule has 1 N–H and O–H groups in total. The van der Waals surface area contributed by atoms with Gasteiger partial charge in [0.05, 0.1) is 18.8 Å². The highest BCUT2D eigenvalue weighted by Gasteiger charge is 2.25. The summed E-state index contributed by atoms with van der Waals surface area (Å²) in [5, 5.41) is 1.02. The van der Waals surface area contributed by atoms with E-state index in [4.69, 9.17) is 4.74 Å². The molecule has 4 nitrogen and oxygen atoms in total. The van der Waals surface area contributed by atoms with E-state index in [-0.39, 0.29) is 18.0 Å². The van der Waals surface area contributed by atoms with E-state index in [9.17, 15) is 4.79 Å². The molecule has 1 saturated heterocycles. The summed E-state index contributed by atoms with van der Waals surface area (Å²) in [6.07, 6.45) is 0.372. The van der Waals surface area contributed by atoms with Crippen LogP contribution in [0.3, 0.4) is 0 Å². The van der Waals surface area contributed by atoms with Crippen molar-refractivity contribution < 1.29 is 9.53 Å². The Balaban J connectivity index is 1.82. The molecule has 3 rings (SSSR count). The van der Waals surface area contributed by atoms with Crippen LogP contribution in [0.1, 0.15) is 29.9 Å². The Hall–Kier alpha value is -1.65. The average molecular weight is 286 g/mol. The number of nitrogens with one attached hydrogen (secondary N) is 1. The smallest absolute Gasteiger partial charge is 0.179 e. The van der Waals surface area contributed by atoms with E-state index in [1.807, 2.05) is 31.2 Å². The molecule has 0 spiro atoms. The fraction of sp³-hybridized carbons (Fsp3) is 0.471. The molecular weight excluding hydrogens is 264 g/mol. The van der Waals surface area contributed by atoms with E-state index < -0.39 is 0 Å². The number of fused-ring (bicyclic) bond motifs is 1. The molecule has 1 aromatic heterocycles. The van der Waals surface area contributed by atoms with Gasteiger partial charge >= 0.3 is 0 Å². The zero-order valence-electron chi connectivity index (χ0n) is 12.8. The Morgan fingerprint density at radius 1 is 1.29 bits per heavy atom. The fourth-order valence-electron chi connectivity index (χ4n) is 3.33. The molecule has 0 saturated carbocycles. The van der Waals surface area contributed by atoms with E-state index in [1.165, 1.54) is 0 Å². The standard InChI is InChI=1S/C17H22N2O2/c1-11-8-19(9-12(2)21-11)10-16(20)17-13(3)18-15-7-5-4-6-14(15)17/h4-7,11-12,18H,8-10H2,1-3H3/t11-,12-/m0/s1. The molecule has 0 amide bonds. The van der Waals surface area contributed by atoms with Crippen molar-refractivity contribution in [2.75, 3.05) is 19.6 Å². The van der Waals surface area contributed by atoms with Crippen molar-refractivity contribution in [2.24, 2.45) is 0 Å². The molecule has 2 heterocycles. The molecule has 21 heavy (non-hydrogen) atoms. The molecule has 1 aliphatic heterocycles. The van der Waals surface area contributed by atoms with E-state index in [0.717, 1.165) is 35.2 Å². The summed E-state index contributed by atoms with van der Waals surface area (Å²) in [7, 11) is 0. The summed E-state index contributed by atoms with van der Waals surface area (Å²) in [5.74, 6) is 0.186. The van der Waals surface area contributed by atoms with Gasteiger partial charge in [-0.1, -0.05) is 18.2 Å². The zero-order chi connectivity index (χ0) is 15.0. The van der Waals surface area contributed by atoms with Crippen LogP contribution in [0.15, 0.2) is 24.3 Å². The number of benzene rings is 1. The van der Waals surface area contributed by atoms with Crippen molar-refractivity contribution in [1.29, 1.82) is 0 Å². The Bertz CT molecular complexity index is 652. The summed E-state index contributed by atoms with van der Waals surface area (Å²) >= 11 is 0. The summed E-state index contributed by atoms with van der Waals surface area (Å²) in [4.78, 5) is 18.2. The topological polar surface area (TPSA) is 45.3 Å². The van der Waals surface area contributed by atoms with Crippen molar-refractivity contribution in [2.45, 2.75) is 33.0 Å². The lowest BCUT2D eigenvalue weighted by molar-refractivity contribution is -0.0652. The third-order valence-electron chi connectivity index (χ3n) is 4.03. The minimum absolute atomic E-state index is 0.186. The number of ketones is 1. The number of carbonyl (C=O) groups excluding carboxylic acids is 1. The van der Waals surface area contributed by atoms with Crippen LogP contribution in [0.25, 0.3) is 10.9 Å². The van der Waals surface area contributed by atoms with Gasteiger partial charge < -0.3 is 9.72 Å². The van der Waals surface area contributed by atoms with Gasteiger partial charge in [0.1, 0.15) is 0 Å². The Labute approximate surface area is 125 Å². The SMILES string of the molecule is Cc1[nH]c2ccccc2c1C(=O)CN1C[C@H](C)O[C@@H](C)C1. The van der Waals surface area contributed by atoms with E-state index in [1.54, 1.807) is 0 Å². The molecule has 0 radical (unpaired) electrons. The maximum absolute atomic E-state index is 12.7. The number of rotatable bonds is 3. The molecule has 2 atom stereocenters. The maximum Gasteiger partial charge on any atom is 0.179 e. The molecular formula is C17H22N2O2. The lowest BCUT2D eigenvalue weighted by atomic mass is 10.1. The second-order valence-corrected chi connectivity index (χ2v) is 6.05. The third kappa shape index (κ3) is 2.87. The molecule has 4 heteroatoms. The number of ether oxygens (including phenoxy) is 1. The predicted octanol–water partition coefficient (Wildman–Crippen LogP) is 2.77. The highest BCUT2D eigenvalue weighted by molar-refractivity contribution is 6.10. The number of aryl methyl sites for hydroxylation is 1. The summed E-state index contributed by atoms with van der Waals surface area (Å²) < 4.78 is 5.72. The number of aromatic amines is 1. The van der Waals surface area contributed by atoms with Gasteiger partial charge in [0.25, 0.3) is 0 Å². The number of para-hydroxylation sites is 1. The van der Waals surface area contributed by atoms with Crippen molar-refractivity contribution in [3.63, 3.8) is 0 Å². The van der Waals surface area contributed by atoms with Gasteiger partial charge in [-0.2, -0.15) is 0 Å². The number of aromatic nitrogens is 1. The Kier molecular flexibility index (Phi) is 3.83. The monoisotopic (exact) mass is 286 g/mol. The van der Waals surface area contributed by atoms with Gasteiger partial charge in [-0.3, -0.25) is 9.69 Å². The van der Waals surface area contributed by atoms with Crippen LogP contribution in [-0.2, 0) is 4.74 Å². The Morgan fingerprint density at radius 2 is 1.95 bits per heavy atom. The molecule has 0 bridgehead atoms. The van der Waals surface area contributed by atoms with Crippen molar-refractivity contribution in [3.8, 4) is 0 Å². The van der Waals surface area contributed by atoms with Gasteiger partial charge in [-0.25, -0.2) is 0 Å². The third-order valence-corrected chi connectivity index (χ3v) is 4.03. The van der Waals surface area contributed by atoms with Gasteiger partial charge in [-0.05, 0) is 26.8 Å². The average Bonchev–Trinajstić information content (AvgIpc) is 2.73. The molecule has 2 aromatic rings. The lowest BCUT2D eigenvalue weighted by Crippen LogP contribution is -2.47. The molecule has 112 valence electrons. The summed E-state index contributed by atoms with van der Waals surface area (Å²) in [5.41, 5.74) is 2.81. The second-order valence-electron chi connectivity index (χ2n) is 6.05. The number of hydrogen-bond donors (Lipinski definition) is 1. The minimum atomic E-state index is 0.186. The highest BCUT2D eigenvalue weighted by Crippen LogP contribution is 2.23. The minimum Gasteiger partial charge on any atom is -0.373 e. The van der Waals surface area contributed by atoms with Gasteiger partial charge in [0, 0.05) is 35.2 Å². The first kappa shape index (κ1) is 14.3. The first-order chi connectivity index (χ1) is 10.0. The first-order valence-corrected chi connectivity index (χ1v) is 7.53. The summed E-state index contributed by atoms with van der Waals surface area (Å²) in [6, 6.07) is 7.98. The van der Waals surface area contributed by atoms with E-state index in [2.05, 4.69) is 23.7 Å². The molecule has 1 aromatic carbocycles. The summed E-state index contributed by atoms with van der Waals surface area (Å²) in [6.45, 7) is 8.18. The van der Waals surface area contributed by atoms with Gasteiger partial charge in [0.2, 0.25) is 0 Å². The van der Waals surface area contributed by atoms with Crippen LogP contribution < -0.4 is 0 Å². The Morgan fingerprint density at radius 3 is 2.67 bits per heavy atom. The number of morpholine rings is 1. The molecule has 1 aliphatic rings. The van der Waals surface area contributed by atoms with Crippen LogP contribution in [0.5, 0.6) is 0 Å². The quantitative estimate of drug-likeness (QED) is 0.883. The fourth-order valence-corrected chi connectivity index (χ4v) is 3.33. The lowest BCUT2D eigenvalue weighted by Gasteiger charge is -2.34. The number of Topliss-reactive ketones (excluding diaryl/α,β-unsaturated/α-hetero) is 1. The number of H-pyrrole nitrogens is 1. The van der Waals surface area contributed by atoms with Crippen molar-refractivity contribution >= 4 is 16.7 Å². The normalized spacial score (nSPS) is 23.6. The maximum atomic E-state index is 12.7. The van der Waals surface area contributed by atoms with Crippen molar-refractivity contribution in [3.05, 3.63) is 35.5 Å². The van der Waals surface area contributed by atoms with Gasteiger partial charge in [0.15, 0.2) is 5.78 Å². The predicted molar refractivity (Wildman–Crippen MR) is 83.8 cm³/mol. The van der Waals surface area contributed by atoms with Crippen LogP contribution in [-0.4, -0.2) is 47.5 Å². The molecule has 1 fully saturated rings. The number of hydrogen-bond acceptors (Lipinski definition) is 3. The van der Waals surface area contributed by atoms with E-state index >= 15 is 0 Å². The zero-order valence-corrected chi connectivity index (χ0v) is 12.8. The molecule has 0 unspecified atom stereocenters. The van der Waals surface area contributed by atoms with Crippen molar-refractivity contribution in [1.82, 2.24) is 9.88 Å². The number of nitrogens with zero attached hydrogens (tertiary/aromatic N) is 1. The largest absolute Gasteiger partial charge is 0.373 e. The van der Waals surface area contributed by atoms with Crippen LogP contribution >= 0.6 is 0 Å².